The first-order chi connectivity index (χ1) is 10.3. The SMILES string of the molecule is Cc1cc(C)c(C(O)(Cn2cncn2)C(C)C(N)=S)cc1F. The van der Waals surface area contributed by atoms with Crippen LogP contribution in [0.5, 0.6) is 0 Å². The van der Waals surface area contributed by atoms with Gasteiger partial charge in [-0.2, -0.15) is 5.10 Å². The van der Waals surface area contributed by atoms with E-state index < -0.39 is 11.5 Å². The second-order valence-electron chi connectivity index (χ2n) is 5.56. The summed E-state index contributed by atoms with van der Waals surface area (Å²) in [5.74, 6) is -0.944. The van der Waals surface area contributed by atoms with Gasteiger partial charge in [0.05, 0.1) is 11.5 Å². The Morgan fingerprint density at radius 2 is 2.14 bits per heavy atom. The highest BCUT2D eigenvalue weighted by Gasteiger charge is 2.39. The quantitative estimate of drug-likeness (QED) is 0.822. The van der Waals surface area contributed by atoms with Crippen LogP contribution in [0.2, 0.25) is 0 Å². The van der Waals surface area contributed by atoms with Crippen LogP contribution >= 0.6 is 12.2 Å². The lowest BCUT2D eigenvalue weighted by Crippen LogP contribution is -2.44. The summed E-state index contributed by atoms with van der Waals surface area (Å²) in [7, 11) is 0. The zero-order valence-electron chi connectivity index (χ0n) is 12.7. The molecular formula is C15H19FN4OS. The third kappa shape index (κ3) is 3.00. The van der Waals surface area contributed by atoms with Gasteiger partial charge in [-0.3, -0.25) is 0 Å². The number of hydrogen-bond donors (Lipinski definition) is 2. The van der Waals surface area contributed by atoms with Crippen molar-refractivity contribution < 1.29 is 9.50 Å². The Balaban J connectivity index is 2.58. The molecule has 1 aromatic carbocycles. The molecule has 2 aromatic rings. The molecule has 1 aromatic heterocycles. The van der Waals surface area contributed by atoms with Crippen molar-refractivity contribution in [2.45, 2.75) is 32.9 Å². The molecule has 5 nitrogen and oxygen atoms in total. The van der Waals surface area contributed by atoms with E-state index in [4.69, 9.17) is 18.0 Å². The standard InChI is InChI=1S/C15H19FN4OS/c1-9-4-10(2)13(16)5-12(9)15(21,11(3)14(17)22)6-20-8-18-7-19-20/h4-5,7-8,11,21H,6H2,1-3H3,(H2,17,22). The Hall–Kier alpha value is -1.86. The van der Waals surface area contributed by atoms with Crippen LogP contribution in [0.1, 0.15) is 23.6 Å². The Morgan fingerprint density at radius 1 is 1.45 bits per heavy atom. The molecule has 0 amide bonds. The summed E-state index contributed by atoms with van der Waals surface area (Å²) in [6, 6.07) is 3.04. The molecular weight excluding hydrogens is 303 g/mol. The number of benzene rings is 1. The van der Waals surface area contributed by atoms with Crippen LogP contribution < -0.4 is 5.73 Å². The maximum atomic E-state index is 14.0. The highest BCUT2D eigenvalue weighted by atomic mass is 32.1. The molecule has 3 N–H and O–H groups in total. The average molecular weight is 322 g/mol. The Labute approximate surface area is 134 Å². The molecule has 118 valence electrons. The van der Waals surface area contributed by atoms with Crippen molar-refractivity contribution in [2.75, 3.05) is 0 Å². The van der Waals surface area contributed by atoms with Crippen LogP contribution in [0.15, 0.2) is 24.8 Å². The van der Waals surface area contributed by atoms with E-state index in [2.05, 4.69) is 10.1 Å². The third-order valence-corrected chi connectivity index (χ3v) is 4.34. The predicted octanol–water partition coefficient (Wildman–Crippen LogP) is 1.84. The minimum atomic E-state index is -1.47. The summed E-state index contributed by atoms with van der Waals surface area (Å²) in [5.41, 5.74) is 6.00. The summed E-state index contributed by atoms with van der Waals surface area (Å²) >= 11 is 5.04. The van der Waals surface area contributed by atoms with E-state index in [1.54, 1.807) is 19.9 Å². The zero-order valence-corrected chi connectivity index (χ0v) is 13.6. The van der Waals surface area contributed by atoms with Crippen LogP contribution in [0, 0.1) is 25.6 Å². The molecule has 0 aliphatic rings. The fourth-order valence-corrected chi connectivity index (χ4v) is 2.74. The van der Waals surface area contributed by atoms with Crippen LogP contribution in [-0.4, -0.2) is 24.9 Å². The van der Waals surface area contributed by atoms with Crippen molar-refractivity contribution in [3.05, 3.63) is 47.3 Å². The van der Waals surface area contributed by atoms with Gasteiger partial charge in [0.2, 0.25) is 0 Å². The summed E-state index contributed by atoms with van der Waals surface area (Å²) in [6.07, 6.45) is 2.85. The number of hydrogen-bond acceptors (Lipinski definition) is 4. The smallest absolute Gasteiger partial charge is 0.137 e. The monoisotopic (exact) mass is 322 g/mol. The summed E-state index contributed by atoms with van der Waals surface area (Å²) < 4.78 is 15.5. The largest absolute Gasteiger partial charge is 0.393 e. The van der Waals surface area contributed by atoms with E-state index in [1.807, 2.05) is 6.92 Å². The van der Waals surface area contributed by atoms with E-state index in [9.17, 15) is 9.50 Å². The van der Waals surface area contributed by atoms with Crippen molar-refractivity contribution in [1.82, 2.24) is 14.8 Å². The number of rotatable bonds is 5. The molecule has 7 heteroatoms. The van der Waals surface area contributed by atoms with Gasteiger partial charge in [0.25, 0.3) is 0 Å². The molecule has 2 rings (SSSR count). The number of nitrogens with two attached hydrogens (primary N) is 1. The molecule has 0 bridgehead atoms. The Bertz CT molecular complexity index is 689. The summed E-state index contributed by atoms with van der Waals surface area (Å²) in [5, 5.41) is 15.3. The lowest BCUT2D eigenvalue weighted by Gasteiger charge is -2.35. The third-order valence-electron chi connectivity index (χ3n) is 3.98. The number of aromatic nitrogens is 3. The summed E-state index contributed by atoms with van der Waals surface area (Å²) in [4.78, 5) is 4.02. The second kappa shape index (κ2) is 6.10. The molecule has 0 saturated carbocycles. The Morgan fingerprint density at radius 3 is 2.68 bits per heavy atom. The molecule has 0 spiro atoms. The topological polar surface area (TPSA) is 77.0 Å². The normalized spacial score (nSPS) is 15.3. The zero-order chi connectivity index (χ0) is 16.5. The maximum absolute atomic E-state index is 14.0. The van der Waals surface area contributed by atoms with Crippen molar-refractivity contribution in [1.29, 1.82) is 0 Å². The molecule has 0 saturated heterocycles. The minimum Gasteiger partial charge on any atom is -0.393 e. The molecule has 1 heterocycles. The van der Waals surface area contributed by atoms with E-state index in [0.29, 0.717) is 11.1 Å². The lowest BCUT2D eigenvalue weighted by atomic mass is 9.79. The highest BCUT2D eigenvalue weighted by molar-refractivity contribution is 7.80. The van der Waals surface area contributed by atoms with Crippen LogP contribution in [0.4, 0.5) is 4.39 Å². The van der Waals surface area contributed by atoms with Crippen molar-refractivity contribution in [3.63, 3.8) is 0 Å². The first-order valence-electron chi connectivity index (χ1n) is 6.87. The molecule has 0 aliphatic carbocycles. The van der Waals surface area contributed by atoms with Gasteiger partial charge in [-0.15, -0.1) is 0 Å². The number of nitrogens with zero attached hydrogens (tertiary/aromatic N) is 3. The number of halogens is 1. The molecule has 0 radical (unpaired) electrons. The fourth-order valence-electron chi connectivity index (χ4n) is 2.54. The van der Waals surface area contributed by atoms with Gasteiger partial charge in [0.1, 0.15) is 24.1 Å². The minimum absolute atomic E-state index is 0.0782. The van der Waals surface area contributed by atoms with Crippen molar-refractivity contribution in [2.24, 2.45) is 11.7 Å². The molecule has 0 fully saturated rings. The predicted molar refractivity (Wildman–Crippen MR) is 85.7 cm³/mol. The lowest BCUT2D eigenvalue weighted by molar-refractivity contribution is -0.0130. The van der Waals surface area contributed by atoms with Crippen LogP contribution in [0.3, 0.4) is 0 Å². The van der Waals surface area contributed by atoms with Gasteiger partial charge < -0.3 is 10.8 Å². The molecule has 2 atom stereocenters. The van der Waals surface area contributed by atoms with Crippen LogP contribution in [-0.2, 0) is 12.1 Å². The molecule has 2 unspecified atom stereocenters. The second-order valence-corrected chi connectivity index (χ2v) is 6.03. The summed E-state index contributed by atoms with van der Waals surface area (Å²) in [6.45, 7) is 5.30. The van der Waals surface area contributed by atoms with E-state index >= 15 is 0 Å². The van der Waals surface area contributed by atoms with E-state index in [1.165, 1.54) is 23.4 Å². The van der Waals surface area contributed by atoms with Gasteiger partial charge in [0, 0.05) is 5.92 Å². The average Bonchev–Trinajstić information content (AvgIpc) is 2.94. The number of thiocarbonyl (C=S) groups is 1. The fraction of sp³-hybridized carbons (Fsp3) is 0.400. The van der Waals surface area contributed by atoms with Crippen molar-refractivity contribution in [3.8, 4) is 0 Å². The van der Waals surface area contributed by atoms with Crippen molar-refractivity contribution >= 4 is 17.2 Å². The number of aliphatic hydroxyl groups is 1. The van der Waals surface area contributed by atoms with Gasteiger partial charge in [0.15, 0.2) is 0 Å². The van der Waals surface area contributed by atoms with Gasteiger partial charge in [-0.1, -0.05) is 25.2 Å². The van der Waals surface area contributed by atoms with Gasteiger partial charge in [-0.05, 0) is 36.6 Å². The number of aryl methyl sites for hydroxylation is 2. The molecule has 0 aliphatic heterocycles. The highest BCUT2D eigenvalue weighted by Crippen LogP contribution is 2.35. The first kappa shape index (κ1) is 16.5. The van der Waals surface area contributed by atoms with Crippen LogP contribution in [0.25, 0.3) is 0 Å². The van der Waals surface area contributed by atoms with E-state index in [0.717, 1.165) is 5.56 Å². The molecule has 22 heavy (non-hydrogen) atoms. The van der Waals surface area contributed by atoms with Gasteiger partial charge >= 0.3 is 0 Å². The van der Waals surface area contributed by atoms with E-state index in [-0.39, 0.29) is 17.4 Å². The maximum Gasteiger partial charge on any atom is 0.137 e. The first-order valence-corrected chi connectivity index (χ1v) is 7.28. The Kier molecular flexibility index (Phi) is 4.58. The van der Waals surface area contributed by atoms with Gasteiger partial charge in [-0.25, -0.2) is 14.1 Å².